The van der Waals surface area contributed by atoms with Gasteiger partial charge in [-0.15, -0.1) is 11.8 Å². The van der Waals surface area contributed by atoms with E-state index in [-0.39, 0.29) is 11.3 Å². The van der Waals surface area contributed by atoms with Crippen LogP contribution in [0.1, 0.15) is 17.9 Å². The molecular formula is C13H15NO4S. The number of benzene rings is 1. The zero-order chi connectivity index (χ0) is 14.0. The van der Waals surface area contributed by atoms with Gasteiger partial charge in [0.15, 0.2) is 0 Å². The van der Waals surface area contributed by atoms with Crippen LogP contribution in [-0.4, -0.2) is 40.8 Å². The maximum absolute atomic E-state index is 11.8. The Morgan fingerprint density at radius 2 is 2.11 bits per heavy atom. The number of carboxylic acid groups (broad SMARTS) is 1. The molecule has 1 aromatic carbocycles. The molecule has 1 saturated heterocycles. The molecule has 19 heavy (non-hydrogen) atoms. The normalized spacial score (nSPS) is 22.3. The highest BCUT2D eigenvalue weighted by Crippen LogP contribution is 2.44. The largest absolute Gasteiger partial charge is 0.496 e. The van der Waals surface area contributed by atoms with Crippen LogP contribution in [0.25, 0.3) is 0 Å². The summed E-state index contributed by atoms with van der Waals surface area (Å²) in [6.07, 6.45) is 0. The van der Waals surface area contributed by atoms with Gasteiger partial charge in [0, 0.05) is 18.2 Å². The van der Waals surface area contributed by atoms with E-state index in [9.17, 15) is 14.7 Å². The Kier molecular flexibility index (Phi) is 3.99. The fraction of sp³-hybridized carbons (Fsp3) is 0.385. The fourth-order valence-electron chi connectivity index (χ4n) is 2.19. The zero-order valence-electron chi connectivity index (χ0n) is 10.7. The van der Waals surface area contributed by atoms with Gasteiger partial charge >= 0.3 is 5.97 Å². The maximum Gasteiger partial charge on any atom is 0.327 e. The molecular weight excluding hydrogens is 266 g/mol. The number of aliphatic carboxylic acids is 1. The van der Waals surface area contributed by atoms with E-state index in [2.05, 4.69) is 0 Å². The number of hydrogen-bond acceptors (Lipinski definition) is 4. The lowest BCUT2D eigenvalue weighted by atomic mass is 10.1. The van der Waals surface area contributed by atoms with Crippen LogP contribution in [0, 0.1) is 0 Å². The summed E-state index contributed by atoms with van der Waals surface area (Å²) in [5.74, 6) is -0.164. The van der Waals surface area contributed by atoms with Gasteiger partial charge in [0.1, 0.15) is 17.2 Å². The minimum atomic E-state index is -0.972. The van der Waals surface area contributed by atoms with Gasteiger partial charge in [-0.1, -0.05) is 18.2 Å². The first-order valence-electron chi connectivity index (χ1n) is 5.82. The Labute approximate surface area is 115 Å². The van der Waals surface area contributed by atoms with E-state index in [0.29, 0.717) is 11.5 Å². The fourth-order valence-corrected chi connectivity index (χ4v) is 3.69. The molecule has 1 amide bonds. The van der Waals surface area contributed by atoms with Gasteiger partial charge in [-0.05, 0) is 6.07 Å². The molecule has 0 saturated carbocycles. The molecule has 2 rings (SSSR count). The van der Waals surface area contributed by atoms with Crippen LogP contribution in [0.2, 0.25) is 0 Å². The number of amides is 1. The number of carboxylic acids is 1. The summed E-state index contributed by atoms with van der Waals surface area (Å²) in [5, 5.41) is 8.87. The van der Waals surface area contributed by atoms with E-state index >= 15 is 0 Å². The van der Waals surface area contributed by atoms with Gasteiger partial charge in [-0.3, -0.25) is 4.79 Å². The summed E-state index contributed by atoms with van der Waals surface area (Å²) in [7, 11) is 1.56. The van der Waals surface area contributed by atoms with E-state index < -0.39 is 12.0 Å². The molecule has 0 bridgehead atoms. The predicted octanol–water partition coefficient (Wildman–Crippen LogP) is 1.74. The van der Waals surface area contributed by atoms with Crippen LogP contribution in [0.15, 0.2) is 24.3 Å². The summed E-state index contributed by atoms with van der Waals surface area (Å²) in [4.78, 5) is 24.4. The van der Waals surface area contributed by atoms with E-state index in [0.717, 1.165) is 5.56 Å². The molecule has 1 aliphatic rings. The topological polar surface area (TPSA) is 66.8 Å². The lowest BCUT2D eigenvalue weighted by Gasteiger charge is -2.27. The molecule has 1 aliphatic heterocycles. The number of carbonyl (C=O) groups excluding carboxylic acids is 1. The third kappa shape index (κ3) is 2.53. The SMILES string of the molecule is COc1ccccc1C1SCC(C(=O)O)N1C(C)=O. The van der Waals surface area contributed by atoms with Gasteiger partial charge in [0.05, 0.1) is 7.11 Å². The summed E-state index contributed by atoms with van der Waals surface area (Å²) in [6, 6.07) is 6.58. The van der Waals surface area contributed by atoms with Crippen molar-refractivity contribution in [2.24, 2.45) is 0 Å². The van der Waals surface area contributed by atoms with Crippen molar-refractivity contribution in [1.29, 1.82) is 0 Å². The first-order chi connectivity index (χ1) is 9.06. The number of methoxy groups -OCH3 is 1. The standard InChI is InChI=1S/C13H15NO4S/c1-8(15)14-10(13(16)17)7-19-12(14)9-5-3-4-6-11(9)18-2/h3-6,10,12H,7H2,1-2H3,(H,16,17). The van der Waals surface area contributed by atoms with Crippen LogP contribution < -0.4 is 4.74 Å². The van der Waals surface area contributed by atoms with Crippen molar-refractivity contribution >= 4 is 23.6 Å². The minimum Gasteiger partial charge on any atom is -0.496 e. The van der Waals surface area contributed by atoms with Gasteiger partial charge in [-0.25, -0.2) is 4.79 Å². The molecule has 5 nitrogen and oxygen atoms in total. The first-order valence-corrected chi connectivity index (χ1v) is 6.87. The minimum absolute atomic E-state index is 0.242. The van der Waals surface area contributed by atoms with Crippen LogP contribution in [-0.2, 0) is 9.59 Å². The number of rotatable bonds is 3. The monoisotopic (exact) mass is 281 g/mol. The molecule has 1 aromatic rings. The van der Waals surface area contributed by atoms with Crippen LogP contribution in [0.4, 0.5) is 0 Å². The average molecular weight is 281 g/mol. The molecule has 2 unspecified atom stereocenters. The van der Waals surface area contributed by atoms with Crippen molar-refractivity contribution in [3.05, 3.63) is 29.8 Å². The lowest BCUT2D eigenvalue weighted by Crippen LogP contribution is -2.41. The van der Waals surface area contributed by atoms with Crippen molar-refractivity contribution in [2.75, 3.05) is 12.9 Å². The quantitative estimate of drug-likeness (QED) is 0.914. The van der Waals surface area contributed by atoms with Gasteiger partial charge in [0.2, 0.25) is 5.91 Å². The molecule has 2 atom stereocenters. The highest BCUT2D eigenvalue weighted by molar-refractivity contribution is 7.99. The second-order valence-corrected chi connectivity index (χ2v) is 5.32. The van der Waals surface area contributed by atoms with Gasteiger partial charge < -0.3 is 14.7 Å². The molecule has 1 heterocycles. The Bertz CT molecular complexity index is 505. The Morgan fingerprint density at radius 1 is 1.42 bits per heavy atom. The second kappa shape index (κ2) is 5.52. The number of carbonyl (C=O) groups is 2. The smallest absolute Gasteiger partial charge is 0.327 e. The summed E-state index contributed by atoms with van der Waals surface area (Å²) in [5.41, 5.74) is 0.828. The predicted molar refractivity (Wildman–Crippen MR) is 72.1 cm³/mol. The maximum atomic E-state index is 11.8. The lowest BCUT2D eigenvalue weighted by molar-refractivity contribution is -0.148. The molecule has 1 N–H and O–H groups in total. The molecule has 102 valence electrons. The zero-order valence-corrected chi connectivity index (χ0v) is 11.5. The molecule has 0 aromatic heterocycles. The molecule has 0 aliphatic carbocycles. The number of hydrogen-bond donors (Lipinski definition) is 1. The van der Waals surface area contributed by atoms with E-state index in [4.69, 9.17) is 4.74 Å². The number of ether oxygens (including phenoxy) is 1. The number of para-hydroxylation sites is 1. The molecule has 6 heteroatoms. The van der Waals surface area contributed by atoms with Crippen molar-refractivity contribution in [3.63, 3.8) is 0 Å². The summed E-state index contributed by atoms with van der Waals surface area (Å²) >= 11 is 1.44. The van der Waals surface area contributed by atoms with Crippen molar-refractivity contribution in [1.82, 2.24) is 4.90 Å². The Morgan fingerprint density at radius 3 is 2.68 bits per heavy atom. The highest BCUT2D eigenvalue weighted by Gasteiger charge is 2.41. The van der Waals surface area contributed by atoms with Crippen molar-refractivity contribution in [3.8, 4) is 5.75 Å². The van der Waals surface area contributed by atoms with Crippen LogP contribution >= 0.6 is 11.8 Å². The van der Waals surface area contributed by atoms with E-state index in [1.54, 1.807) is 7.11 Å². The third-order valence-corrected chi connectivity index (χ3v) is 4.36. The second-order valence-electron chi connectivity index (χ2n) is 4.21. The highest BCUT2D eigenvalue weighted by atomic mass is 32.2. The number of thioether (sulfide) groups is 1. The Balaban J connectivity index is 2.39. The van der Waals surface area contributed by atoms with E-state index in [1.807, 2.05) is 24.3 Å². The first kappa shape index (κ1) is 13.7. The molecule has 0 spiro atoms. The van der Waals surface area contributed by atoms with Crippen molar-refractivity contribution < 1.29 is 19.4 Å². The van der Waals surface area contributed by atoms with Gasteiger partial charge in [-0.2, -0.15) is 0 Å². The van der Waals surface area contributed by atoms with Gasteiger partial charge in [0.25, 0.3) is 0 Å². The van der Waals surface area contributed by atoms with E-state index in [1.165, 1.54) is 23.6 Å². The molecule has 1 fully saturated rings. The van der Waals surface area contributed by atoms with Crippen LogP contribution in [0.5, 0.6) is 5.75 Å². The number of nitrogens with zero attached hydrogens (tertiary/aromatic N) is 1. The average Bonchev–Trinajstić information content (AvgIpc) is 2.83. The van der Waals surface area contributed by atoms with Crippen LogP contribution in [0.3, 0.4) is 0 Å². The Hall–Kier alpha value is -1.69. The molecule has 0 radical (unpaired) electrons. The van der Waals surface area contributed by atoms with Crippen molar-refractivity contribution in [2.45, 2.75) is 18.3 Å². The summed E-state index contributed by atoms with van der Waals surface area (Å²) < 4.78 is 5.28. The third-order valence-electron chi connectivity index (χ3n) is 3.05. The summed E-state index contributed by atoms with van der Waals surface area (Å²) in [6.45, 7) is 1.39.